The van der Waals surface area contributed by atoms with Gasteiger partial charge in [0, 0.05) is 18.8 Å². The summed E-state index contributed by atoms with van der Waals surface area (Å²) in [6.07, 6.45) is 2.75. The molecule has 0 aliphatic rings. The van der Waals surface area contributed by atoms with Crippen LogP contribution in [0.15, 0.2) is 35.3 Å². The summed E-state index contributed by atoms with van der Waals surface area (Å²) >= 11 is 0. The molecule has 0 atom stereocenters. The van der Waals surface area contributed by atoms with Gasteiger partial charge in [-0.3, -0.25) is 9.20 Å². The van der Waals surface area contributed by atoms with E-state index in [0.29, 0.717) is 17.9 Å². The molecular weight excluding hydrogens is 242 g/mol. The molecule has 0 radical (unpaired) electrons. The molecule has 0 amide bonds. The first-order valence-corrected chi connectivity index (χ1v) is 6.31. The van der Waals surface area contributed by atoms with E-state index in [0.717, 1.165) is 17.6 Å². The summed E-state index contributed by atoms with van der Waals surface area (Å²) < 4.78 is 8.75. The van der Waals surface area contributed by atoms with E-state index in [4.69, 9.17) is 4.74 Å². The fourth-order valence-electron chi connectivity index (χ4n) is 2.36. The van der Waals surface area contributed by atoms with Crippen LogP contribution in [0.4, 0.5) is 0 Å². The Morgan fingerprint density at radius 3 is 2.84 bits per heavy atom. The van der Waals surface area contributed by atoms with Crippen molar-refractivity contribution in [1.29, 1.82) is 0 Å². The van der Waals surface area contributed by atoms with Gasteiger partial charge in [-0.1, -0.05) is 6.92 Å². The molecule has 0 saturated carbocycles. The minimum Gasteiger partial charge on any atom is -0.481 e. The van der Waals surface area contributed by atoms with E-state index in [-0.39, 0.29) is 5.56 Å². The second kappa shape index (κ2) is 4.42. The first kappa shape index (κ1) is 11.8. The lowest BCUT2D eigenvalue weighted by molar-refractivity contribution is 0.399. The molecule has 3 aromatic rings. The van der Waals surface area contributed by atoms with Crippen LogP contribution in [0.3, 0.4) is 0 Å². The van der Waals surface area contributed by atoms with E-state index in [1.54, 1.807) is 17.7 Å². The second-order valence-electron chi connectivity index (χ2n) is 4.42. The number of nitrogens with zero attached hydrogens (tertiary/aromatic N) is 3. The zero-order chi connectivity index (χ0) is 13.4. The maximum absolute atomic E-state index is 12.4. The van der Waals surface area contributed by atoms with Crippen molar-refractivity contribution < 1.29 is 4.74 Å². The van der Waals surface area contributed by atoms with Gasteiger partial charge in [0.1, 0.15) is 5.52 Å². The lowest BCUT2D eigenvalue weighted by Crippen LogP contribution is -2.23. The summed E-state index contributed by atoms with van der Waals surface area (Å²) in [7, 11) is 1.59. The average Bonchev–Trinajstić information content (AvgIpc) is 2.92. The standard InChI is InChI=1S/C14H15N3O2/c1-3-8-17-10-6-7-12(19-2)15-13(10)16-9-4-5-11(16)14(17)18/h4-7,9H,3,8H2,1-2H3. The summed E-state index contributed by atoms with van der Waals surface area (Å²) in [5.41, 5.74) is 2.23. The van der Waals surface area contributed by atoms with Crippen LogP contribution in [0.25, 0.3) is 16.7 Å². The molecule has 3 aromatic heterocycles. The lowest BCUT2D eigenvalue weighted by Gasteiger charge is -2.11. The zero-order valence-electron chi connectivity index (χ0n) is 11.0. The maximum Gasteiger partial charge on any atom is 0.275 e. The summed E-state index contributed by atoms with van der Waals surface area (Å²) in [5.74, 6) is 0.546. The van der Waals surface area contributed by atoms with Crippen LogP contribution in [0.2, 0.25) is 0 Å². The van der Waals surface area contributed by atoms with Crippen molar-refractivity contribution in [2.45, 2.75) is 19.9 Å². The highest BCUT2D eigenvalue weighted by Crippen LogP contribution is 2.17. The number of hydrogen-bond donors (Lipinski definition) is 0. The maximum atomic E-state index is 12.4. The Hall–Kier alpha value is -2.30. The topological polar surface area (TPSA) is 48.5 Å². The summed E-state index contributed by atoms with van der Waals surface area (Å²) in [6.45, 7) is 2.74. The van der Waals surface area contributed by atoms with Crippen molar-refractivity contribution in [3.8, 4) is 5.88 Å². The fourth-order valence-corrected chi connectivity index (χ4v) is 2.36. The fraction of sp³-hybridized carbons (Fsp3) is 0.286. The van der Waals surface area contributed by atoms with Gasteiger partial charge in [-0.2, -0.15) is 4.98 Å². The van der Waals surface area contributed by atoms with Gasteiger partial charge in [0.05, 0.1) is 12.6 Å². The largest absolute Gasteiger partial charge is 0.481 e. The minimum atomic E-state index is 0.0197. The molecular formula is C14H15N3O2. The molecule has 5 nitrogen and oxygen atoms in total. The van der Waals surface area contributed by atoms with Crippen molar-refractivity contribution in [2.24, 2.45) is 0 Å². The molecule has 98 valence electrons. The molecule has 5 heteroatoms. The van der Waals surface area contributed by atoms with Crippen molar-refractivity contribution in [2.75, 3.05) is 7.11 Å². The van der Waals surface area contributed by atoms with Crippen LogP contribution in [-0.2, 0) is 6.54 Å². The molecule has 0 spiro atoms. The second-order valence-corrected chi connectivity index (χ2v) is 4.42. The van der Waals surface area contributed by atoms with Gasteiger partial charge < -0.3 is 9.30 Å². The van der Waals surface area contributed by atoms with Gasteiger partial charge >= 0.3 is 0 Å². The normalized spacial score (nSPS) is 11.3. The van der Waals surface area contributed by atoms with Gasteiger partial charge in [0.25, 0.3) is 5.56 Å². The zero-order valence-corrected chi connectivity index (χ0v) is 11.0. The minimum absolute atomic E-state index is 0.0197. The van der Waals surface area contributed by atoms with Gasteiger partial charge in [-0.05, 0) is 24.6 Å². The van der Waals surface area contributed by atoms with Gasteiger partial charge in [-0.25, -0.2) is 0 Å². The predicted molar refractivity (Wildman–Crippen MR) is 73.8 cm³/mol. The lowest BCUT2D eigenvalue weighted by atomic mass is 10.3. The third kappa shape index (κ3) is 1.69. The monoisotopic (exact) mass is 257 g/mol. The molecule has 0 saturated heterocycles. The van der Waals surface area contributed by atoms with E-state index < -0.39 is 0 Å². The van der Waals surface area contributed by atoms with Crippen LogP contribution in [-0.4, -0.2) is 21.1 Å². The van der Waals surface area contributed by atoms with Gasteiger partial charge in [0.15, 0.2) is 5.65 Å². The molecule has 0 aromatic carbocycles. The molecule has 3 heterocycles. The van der Waals surface area contributed by atoms with Crippen LogP contribution in [0.5, 0.6) is 5.88 Å². The van der Waals surface area contributed by atoms with E-state index >= 15 is 0 Å². The highest BCUT2D eigenvalue weighted by atomic mass is 16.5. The van der Waals surface area contributed by atoms with E-state index in [2.05, 4.69) is 11.9 Å². The van der Waals surface area contributed by atoms with Crippen LogP contribution in [0.1, 0.15) is 13.3 Å². The first-order chi connectivity index (χ1) is 9.26. The Morgan fingerprint density at radius 1 is 1.26 bits per heavy atom. The molecule has 0 aliphatic carbocycles. The molecule has 0 N–H and O–H groups in total. The van der Waals surface area contributed by atoms with Crippen LogP contribution >= 0.6 is 0 Å². The predicted octanol–water partition coefficient (Wildman–Crippen LogP) is 2.07. The smallest absolute Gasteiger partial charge is 0.275 e. The van der Waals surface area contributed by atoms with Crippen LogP contribution in [0, 0.1) is 0 Å². The third-order valence-corrected chi connectivity index (χ3v) is 3.22. The summed E-state index contributed by atoms with van der Waals surface area (Å²) in [4.78, 5) is 16.9. The number of methoxy groups -OCH3 is 1. The third-order valence-electron chi connectivity index (χ3n) is 3.22. The van der Waals surface area contributed by atoms with Crippen LogP contribution < -0.4 is 10.3 Å². The van der Waals surface area contributed by atoms with Gasteiger partial charge in [0.2, 0.25) is 5.88 Å². The molecule has 0 fully saturated rings. The Kier molecular flexibility index (Phi) is 2.74. The van der Waals surface area contributed by atoms with E-state index in [1.807, 2.05) is 28.8 Å². The van der Waals surface area contributed by atoms with Crippen molar-refractivity contribution in [1.82, 2.24) is 14.0 Å². The number of aryl methyl sites for hydroxylation is 1. The SMILES string of the molecule is CCCn1c(=O)c2cccn2c2nc(OC)ccc21. The summed E-state index contributed by atoms with van der Waals surface area (Å²) in [6, 6.07) is 7.34. The summed E-state index contributed by atoms with van der Waals surface area (Å²) in [5, 5.41) is 0. The highest BCUT2D eigenvalue weighted by Gasteiger charge is 2.11. The molecule has 0 unspecified atom stereocenters. The Bertz CT molecular complexity index is 801. The quantitative estimate of drug-likeness (QED) is 0.721. The number of rotatable bonds is 3. The Labute approximate surface area is 110 Å². The number of fused-ring (bicyclic) bond motifs is 3. The molecule has 0 aliphatic heterocycles. The van der Waals surface area contributed by atoms with Crippen molar-refractivity contribution in [3.05, 3.63) is 40.8 Å². The average molecular weight is 257 g/mol. The van der Waals surface area contributed by atoms with E-state index in [1.165, 1.54) is 0 Å². The highest BCUT2D eigenvalue weighted by molar-refractivity contribution is 5.75. The Balaban J connectivity index is 2.50. The van der Waals surface area contributed by atoms with Crippen molar-refractivity contribution >= 4 is 16.7 Å². The number of hydrogen-bond acceptors (Lipinski definition) is 3. The van der Waals surface area contributed by atoms with Gasteiger partial charge in [-0.15, -0.1) is 0 Å². The molecule has 19 heavy (non-hydrogen) atoms. The number of ether oxygens (including phenoxy) is 1. The first-order valence-electron chi connectivity index (χ1n) is 6.31. The van der Waals surface area contributed by atoms with E-state index in [9.17, 15) is 4.79 Å². The Morgan fingerprint density at radius 2 is 2.11 bits per heavy atom. The van der Waals surface area contributed by atoms with Crippen molar-refractivity contribution in [3.63, 3.8) is 0 Å². The number of pyridine rings is 1. The molecule has 3 rings (SSSR count). The number of aromatic nitrogens is 3. The molecule has 0 bridgehead atoms.